The van der Waals surface area contributed by atoms with Crippen LogP contribution in [0.25, 0.3) is 11.0 Å². The Hall–Kier alpha value is -1.65. The molecular formula is C13H10Cl2N4. The van der Waals surface area contributed by atoms with Gasteiger partial charge in [-0.15, -0.1) is 0 Å². The second-order valence-corrected chi connectivity index (χ2v) is 4.94. The second-order valence-electron chi connectivity index (χ2n) is 4.22. The third kappa shape index (κ3) is 2.41. The highest BCUT2D eigenvalue weighted by Gasteiger charge is 2.10. The fourth-order valence-corrected chi connectivity index (χ4v) is 2.25. The third-order valence-electron chi connectivity index (χ3n) is 2.84. The van der Waals surface area contributed by atoms with Gasteiger partial charge in [0.05, 0.1) is 17.5 Å². The van der Waals surface area contributed by atoms with E-state index >= 15 is 0 Å². The van der Waals surface area contributed by atoms with Crippen molar-refractivity contribution >= 4 is 34.2 Å². The van der Waals surface area contributed by atoms with Crippen LogP contribution in [-0.2, 0) is 6.42 Å². The van der Waals surface area contributed by atoms with Gasteiger partial charge in [-0.05, 0) is 19.1 Å². The number of H-pyrrole nitrogens is 1. The fraction of sp³-hybridized carbons (Fsp3) is 0.154. The molecule has 1 aromatic carbocycles. The summed E-state index contributed by atoms with van der Waals surface area (Å²) >= 11 is 12.0. The number of aromatic nitrogens is 4. The molecule has 0 amide bonds. The number of nitrogens with zero attached hydrogens (tertiary/aromatic N) is 3. The van der Waals surface area contributed by atoms with Gasteiger partial charge in [-0.25, -0.2) is 15.0 Å². The summed E-state index contributed by atoms with van der Waals surface area (Å²) in [4.78, 5) is 16.1. The Bertz CT molecular complexity index is 695. The van der Waals surface area contributed by atoms with Gasteiger partial charge in [-0.1, -0.05) is 35.3 Å². The van der Waals surface area contributed by atoms with Gasteiger partial charge in [0.15, 0.2) is 0 Å². The summed E-state index contributed by atoms with van der Waals surface area (Å²) in [7, 11) is 0. The quantitative estimate of drug-likeness (QED) is 0.735. The van der Waals surface area contributed by atoms with E-state index in [1.165, 1.54) is 0 Å². The number of imidazole rings is 1. The minimum Gasteiger partial charge on any atom is -0.342 e. The predicted octanol–water partition coefficient (Wildman–Crippen LogP) is 3.56. The molecule has 2 heterocycles. The summed E-state index contributed by atoms with van der Waals surface area (Å²) in [6.45, 7) is 1.79. The topological polar surface area (TPSA) is 54.5 Å². The first kappa shape index (κ1) is 12.4. The zero-order valence-corrected chi connectivity index (χ0v) is 11.6. The number of para-hydroxylation sites is 2. The van der Waals surface area contributed by atoms with Gasteiger partial charge in [0, 0.05) is 5.56 Å². The summed E-state index contributed by atoms with van der Waals surface area (Å²) in [5, 5.41) is 0.761. The van der Waals surface area contributed by atoms with E-state index in [0.29, 0.717) is 28.1 Å². The van der Waals surface area contributed by atoms with Crippen LogP contribution in [0.5, 0.6) is 0 Å². The lowest BCUT2D eigenvalue weighted by molar-refractivity contribution is 0.910. The fourth-order valence-electron chi connectivity index (χ4n) is 1.82. The van der Waals surface area contributed by atoms with Crippen molar-refractivity contribution in [2.24, 2.45) is 0 Å². The van der Waals surface area contributed by atoms with Crippen molar-refractivity contribution in [2.45, 2.75) is 13.3 Å². The molecule has 0 aliphatic heterocycles. The van der Waals surface area contributed by atoms with E-state index in [1.807, 2.05) is 24.3 Å². The molecule has 96 valence electrons. The molecule has 0 saturated heterocycles. The van der Waals surface area contributed by atoms with E-state index in [9.17, 15) is 0 Å². The molecule has 19 heavy (non-hydrogen) atoms. The highest BCUT2D eigenvalue weighted by atomic mass is 35.5. The van der Waals surface area contributed by atoms with Gasteiger partial charge >= 0.3 is 0 Å². The number of halogens is 2. The molecule has 3 rings (SSSR count). The molecule has 6 heteroatoms. The first-order chi connectivity index (χ1) is 9.13. The van der Waals surface area contributed by atoms with Crippen molar-refractivity contribution in [3.63, 3.8) is 0 Å². The van der Waals surface area contributed by atoms with Crippen molar-refractivity contribution in [2.75, 3.05) is 0 Å². The van der Waals surface area contributed by atoms with Gasteiger partial charge in [-0.2, -0.15) is 0 Å². The third-order valence-corrected chi connectivity index (χ3v) is 3.57. The Morgan fingerprint density at radius 1 is 1.05 bits per heavy atom. The molecule has 3 aromatic rings. The molecule has 0 radical (unpaired) electrons. The minimum atomic E-state index is 0.381. The van der Waals surface area contributed by atoms with Crippen LogP contribution >= 0.6 is 23.2 Å². The standard InChI is InChI=1S/C13H10Cl2N4/c1-7-12(14)18-11(19-13(7)15)6-10-16-8-4-2-3-5-9(8)17-10/h2-5H,6H2,1H3,(H,16,17). The second kappa shape index (κ2) is 4.79. The Kier molecular flexibility index (Phi) is 3.12. The zero-order valence-electron chi connectivity index (χ0n) is 10.1. The van der Waals surface area contributed by atoms with E-state index in [0.717, 1.165) is 16.9 Å². The first-order valence-electron chi connectivity index (χ1n) is 5.75. The highest BCUT2D eigenvalue weighted by molar-refractivity contribution is 6.34. The van der Waals surface area contributed by atoms with E-state index in [4.69, 9.17) is 23.2 Å². The van der Waals surface area contributed by atoms with Crippen LogP contribution < -0.4 is 0 Å². The maximum atomic E-state index is 6.00. The largest absolute Gasteiger partial charge is 0.342 e. The van der Waals surface area contributed by atoms with Crippen molar-refractivity contribution in [3.8, 4) is 0 Å². The van der Waals surface area contributed by atoms with E-state index in [-0.39, 0.29) is 0 Å². The number of hydrogen-bond acceptors (Lipinski definition) is 3. The summed E-state index contributed by atoms with van der Waals surface area (Å²) in [5.41, 5.74) is 2.60. The van der Waals surface area contributed by atoms with Gasteiger partial charge in [0.1, 0.15) is 22.0 Å². The smallest absolute Gasteiger partial charge is 0.139 e. The van der Waals surface area contributed by atoms with Crippen LogP contribution in [0.2, 0.25) is 10.3 Å². The lowest BCUT2D eigenvalue weighted by Gasteiger charge is -2.02. The van der Waals surface area contributed by atoms with Gasteiger partial charge in [0.2, 0.25) is 0 Å². The molecule has 0 atom stereocenters. The normalized spacial score (nSPS) is 11.1. The zero-order chi connectivity index (χ0) is 13.4. The molecule has 0 spiro atoms. The predicted molar refractivity (Wildman–Crippen MR) is 75.7 cm³/mol. The Balaban J connectivity index is 1.96. The van der Waals surface area contributed by atoms with E-state index < -0.39 is 0 Å². The molecule has 2 aromatic heterocycles. The number of benzene rings is 1. The van der Waals surface area contributed by atoms with Crippen LogP contribution in [0.15, 0.2) is 24.3 Å². The minimum absolute atomic E-state index is 0.381. The van der Waals surface area contributed by atoms with Crippen LogP contribution in [0.4, 0.5) is 0 Å². The van der Waals surface area contributed by atoms with E-state index in [2.05, 4.69) is 19.9 Å². The number of aromatic amines is 1. The lowest BCUT2D eigenvalue weighted by atomic mass is 10.3. The van der Waals surface area contributed by atoms with Gasteiger partial charge < -0.3 is 4.98 Å². The number of rotatable bonds is 2. The lowest BCUT2D eigenvalue weighted by Crippen LogP contribution is -2.00. The maximum Gasteiger partial charge on any atom is 0.139 e. The van der Waals surface area contributed by atoms with Crippen LogP contribution in [0.1, 0.15) is 17.2 Å². The van der Waals surface area contributed by atoms with E-state index in [1.54, 1.807) is 6.92 Å². The molecule has 0 aliphatic carbocycles. The monoisotopic (exact) mass is 292 g/mol. The molecule has 0 saturated carbocycles. The number of fused-ring (bicyclic) bond motifs is 1. The summed E-state index contributed by atoms with van der Waals surface area (Å²) in [6, 6.07) is 7.83. The Morgan fingerprint density at radius 2 is 1.74 bits per heavy atom. The highest BCUT2D eigenvalue weighted by Crippen LogP contribution is 2.20. The van der Waals surface area contributed by atoms with Crippen molar-refractivity contribution in [1.29, 1.82) is 0 Å². The molecule has 4 nitrogen and oxygen atoms in total. The van der Waals surface area contributed by atoms with Crippen LogP contribution in [0, 0.1) is 6.92 Å². The molecule has 0 bridgehead atoms. The van der Waals surface area contributed by atoms with Crippen molar-refractivity contribution in [1.82, 2.24) is 19.9 Å². The first-order valence-corrected chi connectivity index (χ1v) is 6.51. The summed E-state index contributed by atoms with van der Waals surface area (Å²) < 4.78 is 0. The molecule has 0 fully saturated rings. The van der Waals surface area contributed by atoms with Crippen LogP contribution in [-0.4, -0.2) is 19.9 Å². The van der Waals surface area contributed by atoms with Gasteiger partial charge in [-0.3, -0.25) is 0 Å². The summed E-state index contributed by atoms with van der Waals surface area (Å²) in [6.07, 6.45) is 0.467. The van der Waals surface area contributed by atoms with Crippen molar-refractivity contribution in [3.05, 3.63) is 51.8 Å². The summed E-state index contributed by atoms with van der Waals surface area (Å²) in [5.74, 6) is 1.34. The van der Waals surface area contributed by atoms with Crippen LogP contribution in [0.3, 0.4) is 0 Å². The maximum absolute atomic E-state index is 6.00. The number of hydrogen-bond donors (Lipinski definition) is 1. The molecule has 1 N–H and O–H groups in total. The van der Waals surface area contributed by atoms with Crippen molar-refractivity contribution < 1.29 is 0 Å². The Morgan fingerprint density at radius 3 is 2.42 bits per heavy atom. The molecule has 0 unspecified atom stereocenters. The number of nitrogens with one attached hydrogen (secondary N) is 1. The average molecular weight is 293 g/mol. The average Bonchev–Trinajstić information content (AvgIpc) is 2.78. The Labute approximate surface area is 119 Å². The molecular weight excluding hydrogens is 283 g/mol. The molecule has 0 aliphatic rings. The van der Waals surface area contributed by atoms with Gasteiger partial charge in [0.25, 0.3) is 0 Å². The SMILES string of the molecule is Cc1c(Cl)nc(Cc2nc3ccccc3[nH]2)nc1Cl.